The van der Waals surface area contributed by atoms with Crippen molar-refractivity contribution in [2.75, 3.05) is 48.3 Å². The smallest absolute Gasteiger partial charge is 0.249 e. The summed E-state index contributed by atoms with van der Waals surface area (Å²) in [7, 11) is 0. The maximum atomic E-state index is 11.1. The molecule has 0 unspecified atom stereocenters. The third kappa shape index (κ3) is 4.63. The van der Waals surface area contributed by atoms with E-state index < -0.39 is 0 Å². The van der Waals surface area contributed by atoms with E-state index in [0.29, 0.717) is 5.95 Å². The number of aromatic nitrogens is 3. The SMILES string of the molecule is CCN1CCN(c2cnnc(Nc3ccc(NC(C)=O)cc3)n2)CC1. The predicted molar refractivity (Wildman–Crippen MR) is 98.2 cm³/mol. The molecule has 0 radical (unpaired) electrons. The number of amides is 1. The predicted octanol–water partition coefficient (Wildman–Crippen LogP) is 1.72. The van der Waals surface area contributed by atoms with Gasteiger partial charge in [-0.3, -0.25) is 4.79 Å². The van der Waals surface area contributed by atoms with Crippen molar-refractivity contribution in [3.63, 3.8) is 0 Å². The lowest BCUT2D eigenvalue weighted by molar-refractivity contribution is -0.114. The normalized spacial score (nSPS) is 15.0. The fourth-order valence-electron chi connectivity index (χ4n) is 2.76. The molecule has 25 heavy (non-hydrogen) atoms. The molecule has 2 heterocycles. The van der Waals surface area contributed by atoms with Crippen molar-refractivity contribution in [1.29, 1.82) is 0 Å². The molecule has 8 nitrogen and oxygen atoms in total. The van der Waals surface area contributed by atoms with Gasteiger partial charge in [0.25, 0.3) is 0 Å². The highest BCUT2D eigenvalue weighted by Crippen LogP contribution is 2.18. The first-order chi connectivity index (χ1) is 12.1. The quantitative estimate of drug-likeness (QED) is 0.856. The Bertz CT molecular complexity index is 711. The van der Waals surface area contributed by atoms with Crippen molar-refractivity contribution >= 4 is 29.0 Å². The van der Waals surface area contributed by atoms with Gasteiger partial charge < -0.3 is 20.4 Å². The third-order valence-electron chi connectivity index (χ3n) is 4.15. The van der Waals surface area contributed by atoms with Crippen LogP contribution in [0.15, 0.2) is 30.5 Å². The zero-order valence-corrected chi connectivity index (χ0v) is 14.6. The van der Waals surface area contributed by atoms with Gasteiger partial charge in [0.1, 0.15) is 0 Å². The lowest BCUT2D eigenvalue weighted by atomic mass is 10.3. The first-order valence-corrected chi connectivity index (χ1v) is 8.46. The molecule has 1 fully saturated rings. The topological polar surface area (TPSA) is 86.3 Å². The van der Waals surface area contributed by atoms with Crippen molar-refractivity contribution in [2.45, 2.75) is 13.8 Å². The van der Waals surface area contributed by atoms with E-state index in [0.717, 1.165) is 49.9 Å². The van der Waals surface area contributed by atoms with Gasteiger partial charge in [0, 0.05) is 44.5 Å². The van der Waals surface area contributed by atoms with Gasteiger partial charge in [-0.1, -0.05) is 6.92 Å². The van der Waals surface area contributed by atoms with Gasteiger partial charge >= 0.3 is 0 Å². The van der Waals surface area contributed by atoms with Gasteiger partial charge in [-0.25, -0.2) is 0 Å². The summed E-state index contributed by atoms with van der Waals surface area (Å²) >= 11 is 0. The Morgan fingerprint density at radius 3 is 2.44 bits per heavy atom. The average molecular weight is 341 g/mol. The van der Waals surface area contributed by atoms with E-state index in [9.17, 15) is 4.79 Å². The monoisotopic (exact) mass is 341 g/mol. The van der Waals surface area contributed by atoms with Gasteiger partial charge in [0.05, 0.1) is 6.20 Å². The van der Waals surface area contributed by atoms with Gasteiger partial charge in [0.15, 0.2) is 5.82 Å². The van der Waals surface area contributed by atoms with Crippen LogP contribution in [-0.2, 0) is 4.79 Å². The second kappa shape index (κ2) is 7.89. The van der Waals surface area contributed by atoms with Gasteiger partial charge in [-0.05, 0) is 30.8 Å². The van der Waals surface area contributed by atoms with Crippen molar-refractivity contribution < 1.29 is 4.79 Å². The molecular weight excluding hydrogens is 318 g/mol. The van der Waals surface area contributed by atoms with Crippen LogP contribution < -0.4 is 15.5 Å². The average Bonchev–Trinajstić information content (AvgIpc) is 2.63. The highest BCUT2D eigenvalue weighted by atomic mass is 16.1. The lowest BCUT2D eigenvalue weighted by Gasteiger charge is -2.34. The van der Waals surface area contributed by atoms with Crippen molar-refractivity contribution in [2.24, 2.45) is 0 Å². The Hall–Kier alpha value is -2.74. The molecule has 3 rings (SSSR count). The van der Waals surface area contributed by atoms with Crippen LogP contribution in [0.1, 0.15) is 13.8 Å². The summed E-state index contributed by atoms with van der Waals surface area (Å²) in [6.07, 6.45) is 1.70. The number of likely N-dealkylation sites (N-methyl/N-ethyl adjacent to an activating group) is 1. The van der Waals surface area contributed by atoms with E-state index in [4.69, 9.17) is 0 Å². The van der Waals surface area contributed by atoms with Gasteiger partial charge in [-0.15, -0.1) is 5.10 Å². The van der Waals surface area contributed by atoms with Crippen LogP contribution in [0.4, 0.5) is 23.1 Å². The number of hydrogen-bond acceptors (Lipinski definition) is 7. The Morgan fingerprint density at radius 2 is 1.80 bits per heavy atom. The van der Waals surface area contributed by atoms with Crippen LogP contribution in [-0.4, -0.2) is 58.7 Å². The second-order valence-electron chi connectivity index (χ2n) is 5.94. The molecule has 132 valence electrons. The Kier molecular flexibility index (Phi) is 5.39. The maximum Gasteiger partial charge on any atom is 0.249 e. The van der Waals surface area contributed by atoms with E-state index >= 15 is 0 Å². The van der Waals surface area contributed by atoms with Crippen LogP contribution in [0.2, 0.25) is 0 Å². The summed E-state index contributed by atoms with van der Waals surface area (Å²) in [6, 6.07) is 7.37. The summed E-state index contributed by atoms with van der Waals surface area (Å²) in [5.74, 6) is 1.20. The van der Waals surface area contributed by atoms with Crippen LogP contribution in [0.25, 0.3) is 0 Å². The zero-order chi connectivity index (χ0) is 17.6. The molecule has 1 aromatic carbocycles. The zero-order valence-electron chi connectivity index (χ0n) is 14.6. The van der Waals surface area contributed by atoms with E-state index in [1.165, 1.54) is 6.92 Å². The van der Waals surface area contributed by atoms with Crippen molar-refractivity contribution in [1.82, 2.24) is 20.1 Å². The summed E-state index contributed by atoms with van der Waals surface area (Å²) < 4.78 is 0. The molecule has 2 N–H and O–H groups in total. The lowest BCUT2D eigenvalue weighted by Crippen LogP contribution is -2.46. The van der Waals surface area contributed by atoms with Crippen molar-refractivity contribution in [3.8, 4) is 0 Å². The minimum Gasteiger partial charge on any atom is -0.353 e. The molecule has 0 spiro atoms. The standard InChI is InChI=1S/C17H23N7O/c1-3-23-8-10-24(11-9-23)16-12-18-22-17(21-16)20-15-6-4-14(5-7-15)19-13(2)25/h4-7,12H,3,8-11H2,1-2H3,(H,19,25)(H,20,21,22). The molecule has 1 aliphatic heterocycles. The molecule has 1 aromatic heterocycles. The van der Waals surface area contributed by atoms with Gasteiger partial charge in [0.2, 0.25) is 11.9 Å². The largest absolute Gasteiger partial charge is 0.353 e. The Morgan fingerprint density at radius 1 is 1.12 bits per heavy atom. The molecule has 0 aliphatic carbocycles. The summed E-state index contributed by atoms with van der Waals surface area (Å²) in [5.41, 5.74) is 1.59. The van der Waals surface area contributed by atoms with Crippen molar-refractivity contribution in [3.05, 3.63) is 30.5 Å². The number of anilines is 4. The number of carbonyl (C=O) groups is 1. The molecule has 2 aromatic rings. The molecule has 8 heteroatoms. The highest BCUT2D eigenvalue weighted by Gasteiger charge is 2.17. The van der Waals surface area contributed by atoms with Crippen LogP contribution in [0.5, 0.6) is 0 Å². The molecule has 0 bridgehead atoms. The molecular formula is C17H23N7O. The van der Waals surface area contributed by atoms with E-state index in [-0.39, 0.29) is 5.91 Å². The number of nitrogens with one attached hydrogen (secondary N) is 2. The number of rotatable bonds is 5. The number of piperazine rings is 1. The molecule has 1 aliphatic rings. The summed E-state index contributed by atoms with van der Waals surface area (Å²) in [4.78, 5) is 20.3. The first-order valence-electron chi connectivity index (χ1n) is 8.46. The number of nitrogens with zero attached hydrogens (tertiary/aromatic N) is 5. The Balaban J connectivity index is 1.64. The fraction of sp³-hybridized carbons (Fsp3) is 0.412. The minimum atomic E-state index is -0.0934. The minimum absolute atomic E-state index is 0.0934. The van der Waals surface area contributed by atoms with Crippen LogP contribution in [0, 0.1) is 0 Å². The molecule has 0 saturated carbocycles. The number of carbonyl (C=O) groups excluding carboxylic acids is 1. The molecule has 1 saturated heterocycles. The van der Waals surface area contributed by atoms with E-state index in [1.807, 2.05) is 24.3 Å². The first kappa shape index (κ1) is 17.1. The fourth-order valence-corrected chi connectivity index (χ4v) is 2.76. The van der Waals surface area contributed by atoms with Gasteiger partial charge in [-0.2, -0.15) is 10.1 Å². The molecule has 1 amide bonds. The van der Waals surface area contributed by atoms with Crippen LogP contribution >= 0.6 is 0 Å². The second-order valence-corrected chi connectivity index (χ2v) is 5.94. The summed E-state index contributed by atoms with van der Waals surface area (Å²) in [5, 5.41) is 14.0. The third-order valence-corrected chi connectivity index (χ3v) is 4.15. The summed E-state index contributed by atoms with van der Waals surface area (Å²) in [6.45, 7) is 8.70. The Labute approximate surface area is 147 Å². The molecule has 0 atom stereocenters. The van der Waals surface area contributed by atoms with E-state index in [2.05, 4.69) is 42.5 Å². The maximum absolute atomic E-state index is 11.1. The number of benzene rings is 1. The number of hydrogen-bond donors (Lipinski definition) is 2. The van der Waals surface area contributed by atoms with E-state index in [1.54, 1.807) is 6.20 Å². The van der Waals surface area contributed by atoms with Crippen LogP contribution in [0.3, 0.4) is 0 Å². The highest BCUT2D eigenvalue weighted by molar-refractivity contribution is 5.88.